The molecule has 4 N–H and O–H groups in total. The van der Waals surface area contributed by atoms with Crippen LogP contribution in [-0.2, 0) is 14.3 Å². The summed E-state index contributed by atoms with van der Waals surface area (Å²) in [6.45, 7) is 1.30. The third-order valence-electron chi connectivity index (χ3n) is 3.15. The predicted molar refractivity (Wildman–Crippen MR) is 74.4 cm³/mol. The molecule has 21 heavy (non-hydrogen) atoms. The molecule has 0 rings (SSSR count). The third kappa shape index (κ3) is 8.11. The van der Waals surface area contributed by atoms with E-state index in [1.165, 1.54) is 0 Å². The fraction of sp³-hybridized carbons (Fsp3) is 0.857. The summed E-state index contributed by atoms with van der Waals surface area (Å²) in [4.78, 5) is 22.3. The number of rotatable bonds is 12. The third-order valence-corrected chi connectivity index (χ3v) is 3.15. The number of unbranched alkanes of at least 4 members (excludes halogenated alkanes) is 4. The van der Waals surface area contributed by atoms with Crippen LogP contribution in [0.4, 0.5) is 0 Å². The number of aldehydes is 1. The largest absolute Gasteiger partial charge is 0.452 e. The highest BCUT2D eigenvalue weighted by atomic mass is 16.6. The van der Waals surface area contributed by atoms with Gasteiger partial charge in [-0.25, -0.2) is 0 Å². The van der Waals surface area contributed by atoms with Crippen LogP contribution in [0.5, 0.6) is 0 Å². The molecule has 0 aromatic carbocycles. The molecule has 0 bridgehead atoms. The van der Waals surface area contributed by atoms with Crippen molar-refractivity contribution in [2.75, 3.05) is 6.61 Å². The second-order valence-corrected chi connectivity index (χ2v) is 4.99. The van der Waals surface area contributed by atoms with E-state index in [0.29, 0.717) is 6.42 Å². The summed E-state index contributed by atoms with van der Waals surface area (Å²) in [5.74, 6) is -0.645. The summed E-state index contributed by atoms with van der Waals surface area (Å²) in [7, 11) is 0. The molecular formula is C14H26O7. The fourth-order valence-electron chi connectivity index (χ4n) is 1.79. The quantitative estimate of drug-likeness (QED) is 0.218. The van der Waals surface area contributed by atoms with Crippen molar-refractivity contribution in [3.63, 3.8) is 0 Å². The Labute approximate surface area is 124 Å². The van der Waals surface area contributed by atoms with E-state index in [4.69, 9.17) is 9.84 Å². The number of aliphatic hydroxyl groups is 4. The van der Waals surface area contributed by atoms with E-state index in [0.717, 1.165) is 25.7 Å². The lowest BCUT2D eigenvalue weighted by molar-refractivity contribution is -0.168. The molecule has 0 aliphatic heterocycles. The molecule has 124 valence electrons. The van der Waals surface area contributed by atoms with Crippen molar-refractivity contribution in [1.29, 1.82) is 0 Å². The molecule has 0 aliphatic rings. The molecule has 7 heteroatoms. The lowest BCUT2D eigenvalue weighted by Gasteiger charge is -2.25. The van der Waals surface area contributed by atoms with Gasteiger partial charge in [0.05, 0.1) is 6.61 Å². The monoisotopic (exact) mass is 306 g/mol. The summed E-state index contributed by atoms with van der Waals surface area (Å²) in [6.07, 6.45) is -1.72. The van der Waals surface area contributed by atoms with E-state index < -0.39 is 37.0 Å². The topological polar surface area (TPSA) is 124 Å². The van der Waals surface area contributed by atoms with Gasteiger partial charge in [0.15, 0.2) is 12.4 Å². The number of aliphatic hydroxyl groups excluding tert-OH is 4. The first-order chi connectivity index (χ1) is 9.97. The Balaban J connectivity index is 4.17. The van der Waals surface area contributed by atoms with Gasteiger partial charge in [0, 0.05) is 6.42 Å². The molecular weight excluding hydrogens is 280 g/mol. The SMILES string of the molecule is CCCCCCCC(=O)O[C@@H](C=O)[C@@H](O)[C@@H](O)[C@H](O)CO. The van der Waals surface area contributed by atoms with E-state index in [-0.39, 0.29) is 12.7 Å². The molecule has 0 aromatic heterocycles. The highest BCUT2D eigenvalue weighted by molar-refractivity contribution is 5.72. The maximum absolute atomic E-state index is 11.5. The van der Waals surface area contributed by atoms with Crippen LogP contribution in [0.1, 0.15) is 45.4 Å². The minimum Gasteiger partial charge on any atom is -0.452 e. The van der Waals surface area contributed by atoms with Crippen molar-refractivity contribution >= 4 is 12.3 Å². The van der Waals surface area contributed by atoms with Crippen molar-refractivity contribution in [3.05, 3.63) is 0 Å². The summed E-state index contributed by atoms with van der Waals surface area (Å²) < 4.78 is 4.77. The number of carbonyl (C=O) groups excluding carboxylic acids is 2. The van der Waals surface area contributed by atoms with Crippen molar-refractivity contribution < 1.29 is 34.8 Å². The Morgan fingerprint density at radius 1 is 1.10 bits per heavy atom. The molecule has 4 atom stereocenters. The Bertz CT molecular complexity index is 295. The Kier molecular flexibility index (Phi) is 11.1. The van der Waals surface area contributed by atoms with Gasteiger partial charge in [0.1, 0.15) is 18.3 Å². The second-order valence-electron chi connectivity index (χ2n) is 4.99. The Hall–Kier alpha value is -1.02. The van der Waals surface area contributed by atoms with E-state index in [1.54, 1.807) is 0 Å². The number of hydrogen-bond donors (Lipinski definition) is 4. The van der Waals surface area contributed by atoms with E-state index >= 15 is 0 Å². The van der Waals surface area contributed by atoms with Crippen molar-refractivity contribution in [2.24, 2.45) is 0 Å². The lowest BCUT2D eigenvalue weighted by atomic mass is 10.0. The average Bonchev–Trinajstić information content (AvgIpc) is 2.50. The fourth-order valence-corrected chi connectivity index (χ4v) is 1.79. The normalized spacial score (nSPS) is 16.8. The van der Waals surface area contributed by atoms with E-state index in [1.807, 2.05) is 0 Å². The van der Waals surface area contributed by atoms with Gasteiger partial charge < -0.3 is 25.2 Å². The van der Waals surface area contributed by atoms with Crippen LogP contribution in [0.2, 0.25) is 0 Å². The first-order valence-corrected chi connectivity index (χ1v) is 7.27. The molecule has 0 aromatic rings. The highest BCUT2D eigenvalue weighted by Crippen LogP contribution is 2.10. The summed E-state index contributed by atoms with van der Waals surface area (Å²) in [5, 5.41) is 36.9. The zero-order valence-corrected chi connectivity index (χ0v) is 12.4. The molecule has 0 saturated heterocycles. The molecule has 7 nitrogen and oxygen atoms in total. The lowest BCUT2D eigenvalue weighted by Crippen LogP contribution is -2.48. The van der Waals surface area contributed by atoms with Gasteiger partial charge >= 0.3 is 5.97 Å². The van der Waals surface area contributed by atoms with Crippen LogP contribution in [0.15, 0.2) is 0 Å². The van der Waals surface area contributed by atoms with E-state index in [9.17, 15) is 24.9 Å². The van der Waals surface area contributed by atoms with Gasteiger partial charge in [0.2, 0.25) is 0 Å². The molecule has 0 unspecified atom stereocenters. The highest BCUT2D eigenvalue weighted by Gasteiger charge is 2.33. The van der Waals surface area contributed by atoms with Crippen LogP contribution < -0.4 is 0 Å². The van der Waals surface area contributed by atoms with Gasteiger partial charge in [-0.1, -0.05) is 32.6 Å². The maximum Gasteiger partial charge on any atom is 0.306 e. The van der Waals surface area contributed by atoms with Gasteiger partial charge in [0.25, 0.3) is 0 Å². The summed E-state index contributed by atoms with van der Waals surface area (Å²) in [6, 6.07) is 0. The first-order valence-electron chi connectivity index (χ1n) is 7.27. The Morgan fingerprint density at radius 3 is 2.24 bits per heavy atom. The van der Waals surface area contributed by atoms with Crippen molar-refractivity contribution in [1.82, 2.24) is 0 Å². The molecule has 0 spiro atoms. The summed E-state index contributed by atoms with van der Waals surface area (Å²) in [5.41, 5.74) is 0. The maximum atomic E-state index is 11.5. The average molecular weight is 306 g/mol. The second kappa shape index (κ2) is 11.6. The van der Waals surface area contributed by atoms with Crippen LogP contribution in [-0.4, -0.2) is 63.7 Å². The minimum absolute atomic E-state index is 0.124. The molecule has 0 aliphatic carbocycles. The first kappa shape index (κ1) is 20.0. The molecule has 0 saturated carbocycles. The number of ether oxygens (including phenoxy) is 1. The van der Waals surface area contributed by atoms with Gasteiger partial charge in [-0.3, -0.25) is 9.59 Å². The number of carbonyl (C=O) groups is 2. The molecule has 0 radical (unpaired) electrons. The van der Waals surface area contributed by atoms with Crippen LogP contribution >= 0.6 is 0 Å². The molecule has 0 heterocycles. The minimum atomic E-state index is -1.78. The smallest absolute Gasteiger partial charge is 0.306 e. The number of hydrogen-bond acceptors (Lipinski definition) is 7. The Morgan fingerprint density at radius 2 is 1.71 bits per heavy atom. The summed E-state index contributed by atoms with van der Waals surface area (Å²) >= 11 is 0. The van der Waals surface area contributed by atoms with Gasteiger partial charge in [-0.15, -0.1) is 0 Å². The van der Waals surface area contributed by atoms with Crippen LogP contribution in [0.25, 0.3) is 0 Å². The zero-order valence-electron chi connectivity index (χ0n) is 12.4. The van der Waals surface area contributed by atoms with Crippen LogP contribution in [0, 0.1) is 0 Å². The van der Waals surface area contributed by atoms with Crippen LogP contribution in [0.3, 0.4) is 0 Å². The molecule has 0 amide bonds. The zero-order chi connectivity index (χ0) is 16.3. The predicted octanol–water partition coefficient (Wildman–Crippen LogP) is -0.467. The standard InChI is InChI=1S/C14H26O7/c1-2-3-4-5-6-7-12(18)21-11(9-16)14(20)13(19)10(17)8-15/h9-11,13-15,17,19-20H,2-8H2,1H3/t10-,11+,13+,14-/m1/s1. The van der Waals surface area contributed by atoms with Crippen molar-refractivity contribution in [2.45, 2.75) is 69.9 Å². The van der Waals surface area contributed by atoms with E-state index in [2.05, 4.69) is 6.92 Å². The van der Waals surface area contributed by atoms with Gasteiger partial charge in [-0.05, 0) is 6.42 Å². The number of esters is 1. The van der Waals surface area contributed by atoms with Gasteiger partial charge in [-0.2, -0.15) is 0 Å². The van der Waals surface area contributed by atoms with Crippen molar-refractivity contribution in [3.8, 4) is 0 Å². The molecule has 0 fully saturated rings.